The van der Waals surface area contributed by atoms with Gasteiger partial charge in [-0.15, -0.1) is 0 Å². The third-order valence-corrected chi connectivity index (χ3v) is 2.51. The molecule has 1 aromatic rings. The summed E-state index contributed by atoms with van der Waals surface area (Å²) < 4.78 is 47.3. The third kappa shape index (κ3) is 6.01. The van der Waals surface area contributed by atoms with Gasteiger partial charge in [-0.25, -0.2) is 0 Å². The lowest BCUT2D eigenvalue weighted by molar-refractivity contribution is -0.137. The van der Waals surface area contributed by atoms with E-state index in [9.17, 15) is 18.0 Å². The molecule has 0 radical (unpaired) electrons. The van der Waals surface area contributed by atoms with Crippen LogP contribution in [-0.2, 0) is 15.7 Å². The van der Waals surface area contributed by atoms with Gasteiger partial charge in [0.2, 0.25) is 5.91 Å². The molecule has 0 aliphatic rings. The van der Waals surface area contributed by atoms with E-state index in [2.05, 4.69) is 5.32 Å². The first-order chi connectivity index (χ1) is 9.84. The maximum Gasteiger partial charge on any atom is 0.416 e. The highest BCUT2D eigenvalue weighted by Gasteiger charge is 2.30. The summed E-state index contributed by atoms with van der Waals surface area (Å²) in [5, 5.41) is 2.49. The Balaban J connectivity index is 2.38. The average Bonchev–Trinajstić information content (AvgIpc) is 2.43. The van der Waals surface area contributed by atoms with Gasteiger partial charge in [-0.05, 0) is 18.2 Å². The minimum absolute atomic E-state index is 0.0345. The number of ether oxygens (including phenoxy) is 2. The van der Waals surface area contributed by atoms with Crippen LogP contribution in [0.1, 0.15) is 5.56 Å². The largest absolute Gasteiger partial charge is 0.492 e. The Morgan fingerprint density at radius 2 is 2.14 bits per heavy atom. The van der Waals surface area contributed by atoms with Crippen LogP contribution in [0.3, 0.4) is 0 Å². The summed E-state index contributed by atoms with van der Waals surface area (Å²) in [6, 6.07) is 3.74. The summed E-state index contributed by atoms with van der Waals surface area (Å²) in [6.45, 7) is 0.250. The Bertz CT molecular complexity index is 466. The first-order valence-corrected chi connectivity index (χ1v) is 6.17. The number of hydrogen-bond donors (Lipinski definition) is 2. The monoisotopic (exact) mass is 306 g/mol. The van der Waals surface area contributed by atoms with Gasteiger partial charge in [0, 0.05) is 7.11 Å². The number of nitrogens with two attached hydrogens (primary N) is 1. The number of rotatable bonds is 7. The van der Waals surface area contributed by atoms with E-state index in [0.717, 1.165) is 12.1 Å². The molecule has 0 aliphatic carbocycles. The van der Waals surface area contributed by atoms with Crippen molar-refractivity contribution in [3.63, 3.8) is 0 Å². The third-order valence-electron chi connectivity index (χ3n) is 2.51. The van der Waals surface area contributed by atoms with Crippen molar-refractivity contribution in [2.45, 2.75) is 12.2 Å². The van der Waals surface area contributed by atoms with Crippen molar-refractivity contribution in [1.82, 2.24) is 5.32 Å². The summed E-state index contributed by atoms with van der Waals surface area (Å²) in [4.78, 5) is 11.4. The van der Waals surface area contributed by atoms with Crippen LogP contribution in [0.5, 0.6) is 5.75 Å². The first kappa shape index (κ1) is 17.3. The minimum atomic E-state index is -4.42. The van der Waals surface area contributed by atoms with Crippen LogP contribution >= 0.6 is 0 Å². The van der Waals surface area contributed by atoms with Crippen molar-refractivity contribution in [3.8, 4) is 5.75 Å². The maximum absolute atomic E-state index is 12.5. The van der Waals surface area contributed by atoms with Crippen molar-refractivity contribution in [2.24, 2.45) is 5.73 Å². The highest BCUT2D eigenvalue weighted by molar-refractivity contribution is 5.81. The minimum Gasteiger partial charge on any atom is -0.492 e. The molecule has 0 aromatic heterocycles. The van der Waals surface area contributed by atoms with Gasteiger partial charge in [-0.1, -0.05) is 6.07 Å². The average molecular weight is 306 g/mol. The van der Waals surface area contributed by atoms with Crippen LogP contribution < -0.4 is 15.8 Å². The molecule has 5 nitrogen and oxygen atoms in total. The number of halogens is 3. The molecule has 1 atom stereocenters. The molecule has 1 aromatic carbocycles. The smallest absolute Gasteiger partial charge is 0.416 e. The SMILES string of the molecule is COCC(N)C(=O)NCCOc1cccc(C(F)(F)F)c1. The maximum atomic E-state index is 12.5. The first-order valence-electron chi connectivity index (χ1n) is 6.17. The molecule has 0 aliphatic heterocycles. The van der Waals surface area contributed by atoms with E-state index in [4.69, 9.17) is 15.2 Å². The van der Waals surface area contributed by atoms with Crippen molar-refractivity contribution in [2.75, 3.05) is 26.9 Å². The van der Waals surface area contributed by atoms with Crippen molar-refractivity contribution < 1.29 is 27.4 Å². The van der Waals surface area contributed by atoms with Crippen LogP contribution in [0.15, 0.2) is 24.3 Å². The fraction of sp³-hybridized carbons (Fsp3) is 0.462. The van der Waals surface area contributed by atoms with Crippen LogP contribution in [0.2, 0.25) is 0 Å². The van der Waals surface area contributed by atoms with Gasteiger partial charge in [0.05, 0.1) is 18.7 Å². The highest BCUT2D eigenvalue weighted by Crippen LogP contribution is 2.31. The Labute approximate surface area is 120 Å². The lowest BCUT2D eigenvalue weighted by Crippen LogP contribution is -2.44. The van der Waals surface area contributed by atoms with Gasteiger partial charge in [0.25, 0.3) is 0 Å². The highest BCUT2D eigenvalue weighted by atomic mass is 19.4. The van der Waals surface area contributed by atoms with E-state index in [1.54, 1.807) is 0 Å². The molecule has 0 fully saturated rings. The molecule has 0 bridgehead atoms. The van der Waals surface area contributed by atoms with Gasteiger partial charge in [-0.3, -0.25) is 4.79 Å². The van der Waals surface area contributed by atoms with E-state index in [0.29, 0.717) is 0 Å². The zero-order valence-electron chi connectivity index (χ0n) is 11.4. The zero-order chi connectivity index (χ0) is 15.9. The molecule has 1 unspecified atom stereocenters. The molecule has 1 rings (SSSR count). The van der Waals surface area contributed by atoms with Gasteiger partial charge >= 0.3 is 6.18 Å². The van der Waals surface area contributed by atoms with Crippen LogP contribution in [-0.4, -0.2) is 38.8 Å². The number of carbonyl (C=O) groups excluding carboxylic acids is 1. The second-order valence-electron chi connectivity index (χ2n) is 4.23. The Kier molecular flexibility index (Phi) is 6.44. The van der Waals surface area contributed by atoms with Crippen LogP contribution in [0.4, 0.5) is 13.2 Å². The molecule has 1 amide bonds. The second kappa shape index (κ2) is 7.84. The molecule has 8 heteroatoms. The van der Waals surface area contributed by atoms with Crippen molar-refractivity contribution in [3.05, 3.63) is 29.8 Å². The van der Waals surface area contributed by atoms with Gasteiger partial charge < -0.3 is 20.5 Å². The number of carbonyl (C=O) groups is 1. The fourth-order valence-electron chi connectivity index (χ4n) is 1.49. The molecular weight excluding hydrogens is 289 g/mol. The fourth-order valence-corrected chi connectivity index (χ4v) is 1.49. The standard InChI is InChI=1S/C13H17F3N2O3/c1-20-8-11(17)12(19)18-5-6-21-10-4-2-3-9(7-10)13(14,15)16/h2-4,7,11H,5-6,8,17H2,1H3,(H,18,19). The number of alkyl halides is 3. The van der Waals surface area contributed by atoms with E-state index in [-0.39, 0.29) is 25.5 Å². The second-order valence-corrected chi connectivity index (χ2v) is 4.23. The number of nitrogens with one attached hydrogen (secondary N) is 1. The van der Waals surface area contributed by atoms with Gasteiger partial charge in [0.1, 0.15) is 18.4 Å². The predicted octanol–water partition coefficient (Wildman–Crippen LogP) is 1.17. The zero-order valence-corrected chi connectivity index (χ0v) is 11.4. The van der Waals surface area contributed by atoms with E-state index in [1.807, 2.05) is 0 Å². The van der Waals surface area contributed by atoms with Crippen LogP contribution in [0.25, 0.3) is 0 Å². The topological polar surface area (TPSA) is 73.6 Å². The molecule has 3 N–H and O–H groups in total. The molecule has 0 spiro atoms. The van der Waals surface area contributed by atoms with Crippen molar-refractivity contribution >= 4 is 5.91 Å². The van der Waals surface area contributed by atoms with Gasteiger partial charge in [0.15, 0.2) is 0 Å². The summed E-state index contributed by atoms with van der Waals surface area (Å²) in [7, 11) is 1.42. The molecule has 0 heterocycles. The predicted molar refractivity (Wildman–Crippen MR) is 69.8 cm³/mol. The number of benzene rings is 1. The van der Waals surface area contributed by atoms with E-state index >= 15 is 0 Å². The normalized spacial score (nSPS) is 12.8. The summed E-state index contributed by atoms with van der Waals surface area (Å²) in [5.41, 5.74) is 4.70. The molecule has 118 valence electrons. The molecule has 21 heavy (non-hydrogen) atoms. The molecular formula is C13H17F3N2O3. The number of hydrogen-bond acceptors (Lipinski definition) is 4. The summed E-state index contributed by atoms with van der Waals surface area (Å²) in [5.74, 6) is -0.329. The lowest BCUT2D eigenvalue weighted by Gasteiger charge is -2.12. The van der Waals surface area contributed by atoms with E-state index in [1.165, 1.54) is 19.2 Å². The van der Waals surface area contributed by atoms with E-state index < -0.39 is 23.7 Å². The Morgan fingerprint density at radius 3 is 2.76 bits per heavy atom. The van der Waals surface area contributed by atoms with Gasteiger partial charge in [-0.2, -0.15) is 13.2 Å². The Hall–Kier alpha value is -1.80. The summed E-state index contributed by atoms with van der Waals surface area (Å²) >= 11 is 0. The Morgan fingerprint density at radius 1 is 1.43 bits per heavy atom. The number of methoxy groups -OCH3 is 1. The molecule has 0 saturated heterocycles. The summed E-state index contributed by atoms with van der Waals surface area (Å²) in [6.07, 6.45) is -4.42. The lowest BCUT2D eigenvalue weighted by atomic mass is 10.2. The van der Waals surface area contributed by atoms with Crippen LogP contribution in [0, 0.1) is 0 Å². The number of amides is 1. The molecule has 0 saturated carbocycles. The van der Waals surface area contributed by atoms with Crippen molar-refractivity contribution in [1.29, 1.82) is 0 Å². The quantitative estimate of drug-likeness (QED) is 0.742.